The van der Waals surface area contributed by atoms with Gasteiger partial charge in [0.2, 0.25) is 0 Å². The molecule has 0 amide bonds. The van der Waals surface area contributed by atoms with Gasteiger partial charge in [0.15, 0.2) is 0 Å². The number of nitrogens with one attached hydrogen (secondary N) is 2. The molecule has 2 N–H and O–H groups in total. The highest BCUT2D eigenvalue weighted by molar-refractivity contribution is 4.68. The normalized spacial score (nSPS) is 20.1. The number of hydrogen-bond acceptors (Lipinski definition) is 3. The van der Waals surface area contributed by atoms with E-state index < -0.39 is 0 Å². The molecule has 0 saturated carbocycles. The van der Waals surface area contributed by atoms with Gasteiger partial charge in [0, 0.05) is 32.2 Å². The van der Waals surface area contributed by atoms with E-state index in [1.807, 2.05) is 0 Å². The van der Waals surface area contributed by atoms with Crippen molar-refractivity contribution < 1.29 is 0 Å². The molecule has 1 rings (SSSR count). The SMILES string of the molecule is CCCCCC(C)NCCN1CCCNCC1. The van der Waals surface area contributed by atoms with Crippen LogP contribution in [0.5, 0.6) is 0 Å². The molecule has 3 nitrogen and oxygen atoms in total. The van der Waals surface area contributed by atoms with Crippen molar-refractivity contribution in [3.05, 3.63) is 0 Å². The van der Waals surface area contributed by atoms with Gasteiger partial charge < -0.3 is 15.5 Å². The van der Waals surface area contributed by atoms with E-state index in [1.165, 1.54) is 58.3 Å². The Morgan fingerprint density at radius 1 is 1.24 bits per heavy atom. The molecule has 1 aliphatic rings. The van der Waals surface area contributed by atoms with Gasteiger partial charge in [0.05, 0.1) is 0 Å². The highest BCUT2D eigenvalue weighted by Gasteiger charge is 2.08. The topological polar surface area (TPSA) is 27.3 Å². The Hall–Kier alpha value is -0.120. The van der Waals surface area contributed by atoms with Crippen molar-refractivity contribution in [2.75, 3.05) is 39.3 Å². The highest BCUT2D eigenvalue weighted by atomic mass is 15.2. The Balaban J connectivity index is 1.97. The Morgan fingerprint density at radius 3 is 2.94 bits per heavy atom. The lowest BCUT2D eigenvalue weighted by atomic mass is 10.1. The van der Waals surface area contributed by atoms with Crippen molar-refractivity contribution in [3.8, 4) is 0 Å². The van der Waals surface area contributed by atoms with Gasteiger partial charge in [-0.25, -0.2) is 0 Å². The maximum atomic E-state index is 3.65. The standard InChI is InChI=1S/C14H31N3/c1-3-4-5-7-14(2)16-10-13-17-11-6-8-15-9-12-17/h14-16H,3-13H2,1-2H3. The Morgan fingerprint density at radius 2 is 2.12 bits per heavy atom. The fourth-order valence-corrected chi connectivity index (χ4v) is 2.40. The summed E-state index contributed by atoms with van der Waals surface area (Å²) in [6.07, 6.45) is 6.71. The molecule has 0 aromatic rings. The number of hydrogen-bond donors (Lipinski definition) is 2. The maximum Gasteiger partial charge on any atom is 0.0107 e. The smallest absolute Gasteiger partial charge is 0.0107 e. The van der Waals surface area contributed by atoms with Gasteiger partial charge in [0.1, 0.15) is 0 Å². The second-order valence-electron chi connectivity index (χ2n) is 5.30. The molecule has 0 bridgehead atoms. The summed E-state index contributed by atoms with van der Waals surface area (Å²) in [7, 11) is 0. The van der Waals surface area contributed by atoms with Gasteiger partial charge in [-0.2, -0.15) is 0 Å². The first-order chi connectivity index (χ1) is 8.33. The van der Waals surface area contributed by atoms with Crippen molar-refractivity contribution in [3.63, 3.8) is 0 Å². The quantitative estimate of drug-likeness (QED) is 0.635. The van der Waals surface area contributed by atoms with Crippen LogP contribution < -0.4 is 10.6 Å². The molecule has 1 saturated heterocycles. The molecule has 1 aliphatic heterocycles. The third kappa shape index (κ3) is 7.74. The Labute approximate surface area is 107 Å². The average molecular weight is 241 g/mol. The van der Waals surface area contributed by atoms with Gasteiger partial charge in [-0.3, -0.25) is 0 Å². The van der Waals surface area contributed by atoms with Crippen molar-refractivity contribution in [2.45, 2.75) is 52.0 Å². The first kappa shape index (κ1) is 14.9. The molecule has 1 unspecified atom stereocenters. The lowest BCUT2D eigenvalue weighted by Crippen LogP contribution is -2.37. The summed E-state index contributed by atoms with van der Waals surface area (Å²) in [5, 5.41) is 7.10. The minimum Gasteiger partial charge on any atom is -0.315 e. The molecule has 0 spiro atoms. The van der Waals surface area contributed by atoms with E-state index in [1.54, 1.807) is 0 Å². The van der Waals surface area contributed by atoms with Crippen LogP contribution in [0.3, 0.4) is 0 Å². The van der Waals surface area contributed by atoms with Crippen LogP contribution in [0.4, 0.5) is 0 Å². The van der Waals surface area contributed by atoms with Crippen LogP contribution in [0, 0.1) is 0 Å². The average Bonchev–Trinajstić information content (AvgIpc) is 2.58. The van der Waals surface area contributed by atoms with Crippen molar-refractivity contribution in [1.29, 1.82) is 0 Å². The van der Waals surface area contributed by atoms with E-state index in [0.29, 0.717) is 6.04 Å². The highest BCUT2D eigenvalue weighted by Crippen LogP contribution is 2.02. The zero-order valence-electron chi connectivity index (χ0n) is 11.8. The van der Waals surface area contributed by atoms with Crippen LogP contribution >= 0.6 is 0 Å². The molecular weight excluding hydrogens is 210 g/mol. The van der Waals surface area contributed by atoms with Crippen LogP contribution in [0.1, 0.15) is 46.0 Å². The largest absolute Gasteiger partial charge is 0.315 e. The second-order valence-corrected chi connectivity index (χ2v) is 5.30. The van der Waals surface area contributed by atoms with Gasteiger partial charge in [-0.1, -0.05) is 26.2 Å². The molecule has 3 heteroatoms. The summed E-state index contributed by atoms with van der Waals surface area (Å²) < 4.78 is 0. The Bertz CT molecular complexity index is 165. The molecule has 102 valence electrons. The van der Waals surface area contributed by atoms with E-state index in [-0.39, 0.29) is 0 Å². The molecule has 1 atom stereocenters. The second kappa shape index (κ2) is 9.86. The van der Waals surface area contributed by atoms with E-state index in [2.05, 4.69) is 29.4 Å². The molecule has 17 heavy (non-hydrogen) atoms. The Kier molecular flexibility index (Phi) is 8.67. The molecule has 1 fully saturated rings. The fourth-order valence-electron chi connectivity index (χ4n) is 2.40. The third-order valence-corrected chi connectivity index (χ3v) is 3.59. The zero-order chi connectivity index (χ0) is 12.3. The summed E-state index contributed by atoms with van der Waals surface area (Å²) in [4.78, 5) is 2.58. The first-order valence-corrected chi connectivity index (χ1v) is 7.49. The van der Waals surface area contributed by atoms with E-state index in [0.717, 1.165) is 13.1 Å². The van der Waals surface area contributed by atoms with Crippen LogP contribution in [0.2, 0.25) is 0 Å². The molecular formula is C14H31N3. The number of rotatable bonds is 8. The molecule has 0 aromatic heterocycles. The predicted octanol–water partition coefficient (Wildman–Crippen LogP) is 1.84. The fraction of sp³-hybridized carbons (Fsp3) is 1.00. The van der Waals surface area contributed by atoms with Gasteiger partial charge in [-0.05, 0) is 32.9 Å². The zero-order valence-corrected chi connectivity index (χ0v) is 11.8. The first-order valence-electron chi connectivity index (χ1n) is 7.49. The number of unbranched alkanes of at least 4 members (excludes halogenated alkanes) is 2. The summed E-state index contributed by atoms with van der Waals surface area (Å²) in [5.74, 6) is 0. The van der Waals surface area contributed by atoms with Crippen LogP contribution in [0.25, 0.3) is 0 Å². The van der Waals surface area contributed by atoms with Crippen LogP contribution in [-0.4, -0.2) is 50.2 Å². The summed E-state index contributed by atoms with van der Waals surface area (Å²) in [5.41, 5.74) is 0. The van der Waals surface area contributed by atoms with Crippen molar-refractivity contribution in [2.24, 2.45) is 0 Å². The minimum absolute atomic E-state index is 0.687. The predicted molar refractivity (Wildman–Crippen MR) is 75.5 cm³/mol. The van der Waals surface area contributed by atoms with Gasteiger partial charge >= 0.3 is 0 Å². The monoisotopic (exact) mass is 241 g/mol. The molecule has 0 radical (unpaired) electrons. The van der Waals surface area contributed by atoms with Gasteiger partial charge in [-0.15, -0.1) is 0 Å². The summed E-state index contributed by atoms with van der Waals surface area (Å²) in [6.45, 7) is 11.8. The summed E-state index contributed by atoms with van der Waals surface area (Å²) >= 11 is 0. The molecule has 0 aliphatic carbocycles. The van der Waals surface area contributed by atoms with E-state index >= 15 is 0 Å². The van der Waals surface area contributed by atoms with Crippen LogP contribution in [-0.2, 0) is 0 Å². The van der Waals surface area contributed by atoms with Crippen molar-refractivity contribution >= 4 is 0 Å². The van der Waals surface area contributed by atoms with Crippen LogP contribution in [0.15, 0.2) is 0 Å². The van der Waals surface area contributed by atoms with Crippen molar-refractivity contribution in [1.82, 2.24) is 15.5 Å². The molecule has 0 aromatic carbocycles. The minimum atomic E-state index is 0.687. The third-order valence-electron chi connectivity index (χ3n) is 3.59. The molecule has 1 heterocycles. The van der Waals surface area contributed by atoms with E-state index in [4.69, 9.17) is 0 Å². The lowest BCUT2D eigenvalue weighted by molar-refractivity contribution is 0.285. The maximum absolute atomic E-state index is 3.65. The lowest BCUT2D eigenvalue weighted by Gasteiger charge is -2.21. The summed E-state index contributed by atoms with van der Waals surface area (Å²) in [6, 6.07) is 0.687. The van der Waals surface area contributed by atoms with Gasteiger partial charge in [0.25, 0.3) is 0 Å². The van der Waals surface area contributed by atoms with E-state index in [9.17, 15) is 0 Å². The number of nitrogens with zero attached hydrogens (tertiary/aromatic N) is 1.